The van der Waals surface area contributed by atoms with Crippen LogP contribution < -0.4 is 5.12 Å². The van der Waals surface area contributed by atoms with E-state index >= 15 is 0 Å². The molecular weight excluding hydrogens is 165 g/mol. The molecule has 0 saturated carbocycles. The molecule has 0 fully saturated rings. The number of benzene rings is 1. The summed E-state index contributed by atoms with van der Waals surface area (Å²) in [5, 5.41) is 0.848. The molecule has 1 aliphatic heterocycles. The van der Waals surface area contributed by atoms with Crippen molar-refractivity contribution in [2.24, 2.45) is 0 Å². The highest BCUT2D eigenvalue weighted by Crippen LogP contribution is 2.39. The normalized spacial score (nSPS) is 19.8. The second-order valence-corrected chi connectivity index (χ2v) is 4.24. The van der Waals surface area contributed by atoms with Crippen LogP contribution in [-0.2, 0) is 5.41 Å². The average molecular weight is 179 g/mol. The first-order chi connectivity index (χ1) is 6.11. The Hall–Kier alpha value is -1.05. The molecule has 1 nitrogen and oxygen atoms in total. The molecule has 0 bridgehead atoms. The van der Waals surface area contributed by atoms with Gasteiger partial charge in [0.25, 0.3) is 0 Å². The summed E-state index contributed by atoms with van der Waals surface area (Å²) in [6, 6.07) is 7.71. The SMILES string of the molecule is CC1(C)CCN(F)c2ccccc21. The fourth-order valence-electron chi connectivity index (χ4n) is 1.89. The van der Waals surface area contributed by atoms with E-state index in [2.05, 4.69) is 13.8 Å². The van der Waals surface area contributed by atoms with Crippen LogP contribution in [-0.4, -0.2) is 6.54 Å². The molecular formula is C11H14FN. The summed E-state index contributed by atoms with van der Waals surface area (Å²) < 4.78 is 13.4. The molecule has 0 aromatic heterocycles. The van der Waals surface area contributed by atoms with Gasteiger partial charge in [0.05, 0.1) is 12.2 Å². The van der Waals surface area contributed by atoms with E-state index in [1.807, 2.05) is 24.3 Å². The van der Waals surface area contributed by atoms with Gasteiger partial charge in [0.2, 0.25) is 0 Å². The Morgan fingerprint density at radius 3 is 2.69 bits per heavy atom. The van der Waals surface area contributed by atoms with Gasteiger partial charge in [0, 0.05) is 0 Å². The fourth-order valence-corrected chi connectivity index (χ4v) is 1.89. The lowest BCUT2D eigenvalue weighted by atomic mass is 9.78. The average Bonchev–Trinajstić information content (AvgIpc) is 2.13. The van der Waals surface area contributed by atoms with Crippen molar-refractivity contribution in [3.05, 3.63) is 29.8 Å². The second-order valence-electron chi connectivity index (χ2n) is 4.24. The number of halogens is 1. The standard InChI is InChI=1S/C11H14FN/c1-11(2)7-8-13(12)10-6-4-3-5-9(10)11/h3-6H,7-8H2,1-2H3. The van der Waals surface area contributed by atoms with E-state index in [1.54, 1.807) is 0 Å². The van der Waals surface area contributed by atoms with Crippen molar-refractivity contribution in [1.82, 2.24) is 0 Å². The van der Waals surface area contributed by atoms with E-state index < -0.39 is 0 Å². The van der Waals surface area contributed by atoms with Gasteiger partial charge in [0.15, 0.2) is 0 Å². The smallest absolute Gasteiger partial charge is 0.0725 e. The molecule has 0 N–H and O–H groups in total. The van der Waals surface area contributed by atoms with Crippen LogP contribution in [0.2, 0.25) is 0 Å². The van der Waals surface area contributed by atoms with E-state index in [1.165, 1.54) is 0 Å². The molecule has 0 amide bonds. The van der Waals surface area contributed by atoms with Gasteiger partial charge in [-0.2, -0.15) is 0 Å². The minimum absolute atomic E-state index is 0.110. The first-order valence-electron chi connectivity index (χ1n) is 4.64. The predicted octanol–water partition coefficient (Wildman–Crippen LogP) is 3.06. The van der Waals surface area contributed by atoms with Gasteiger partial charge in [-0.3, -0.25) is 0 Å². The Morgan fingerprint density at radius 1 is 1.31 bits per heavy atom. The van der Waals surface area contributed by atoms with Gasteiger partial charge in [-0.25, -0.2) is 5.12 Å². The summed E-state index contributed by atoms with van der Waals surface area (Å²) in [7, 11) is 0. The van der Waals surface area contributed by atoms with Crippen LogP contribution >= 0.6 is 0 Å². The monoisotopic (exact) mass is 179 g/mol. The number of nitrogens with zero attached hydrogens (tertiary/aromatic N) is 1. The minimum Gasteiger partial charge on any atom is -0.211 e. The topological polar surface area (TPSA) is 3.24 Å². The highest BCUT2D eigenvalue weighted by molar-refractivity contribution is 5.56. The summed E-state index contributed by atoms with van der Waals surface area (Å²) in [6.45, 7) is 4.84. The molecule has 0 radical (unpaired) electrons. The molecule has 0 saturated heterocycles. The number of hydrogen-bond donors (Lipinski definition) is 0. The van der Waals surface area contributed by atoms with E-state index in [-0.39, 0.29) is 5.41 Å². The Morgan fingerprint density at radius 2 is 2.00 bits per heavy atom. The molecule has 0 atom stereocenters. The molecule has 0 unspecified atom stereocenters. The molecule has 13 heavy (non-hydrogen) atoms. The van der Waals surface area contributed by atoms with Crippen LogP contribution in [0.5, 0.6) is 0 Å². The van der Waals surface area contributed by atoms with Crippen molar-refractivity contribution < 1.29 is 4.48 Å². The van der Waals surface area contributed by atoms with Crippen molar-refractivity contribution in [2.45, 2.75) is 25.7 Å². The Balaban J connectivity index is 2.55. The Bertz CT molecular complexity index is 320. The van der Waals surface area contributed by atoms with E-state index in [0.29, 0.717) is 6.54 Å². The maximum absolute atomic E-state index is 13.4. The molecule has 0 aliphatic carbocycles. The molecule has 2 rings (SSSR count). The summed E-state index contributed by atoms with van der Waals surface area (Å²) >= 11 is 0. The molecule has 70 valence electrons. The van der Waals surface area contributed by atoms with Gasteiger partial charge < -0.3 is 0 Å². The highest BCUT2D eigenvalue weighted by Gasteiger charge is 2.30. The first-order valence-corrected chi connectivity index (χ1v) is 4.64. The maximum Gasteiger partial charge on any atom is 0.0725 e. The van der Waals surface area contributed by atoms with Gasteiger partial charge in [0.1, 0.15) is 0 Å². The number of para-hydroxylation sites is 1. The summed E-state index contributed by atoms with van der Waals surface area (Å²) in [5.41, 5.74) is 1.96. The maximum atomic E-state index is 13.4. The summed E-state index contributed by atoms with van der Waals surface area (Å²) in [6.07, 6.45) is 0.876. The number of hydrogen-bond acceptors (Lipinski definition) is 1. The van der Waals surface area contributed by atoms with Crippen LogP contribution in [0.3, 0.4) is 0 Å². The van der Waals surface area contributed by atoms with Crippen molar-refractivity contribution in [1.29, 1.82) is 0 Å². The molecule has 1 heterocycles. The zero-order chi connectivity index (χ0) is 9.47. The molecule has 1 aromatic carbocycles. The summed E-state index contributed by atoms with van der Waals surface area (Å²) in [5.74, 6) is 0. The van der Waals surface area contributed by atoms with Crippen LogP contribution in [0, 0.1) is 0 Å². The van der Waals surface area contributed by atoms with Crippen LogP contribution in [0.1, 0.15) is 25.8 Å². The first kappa shape index (κ1) is 8.54. The Kier molecular flexibility index (Phi) is 1.79. The molecule has 2 heteroatoms. The second kappa shape index (κ2) is 2.72. The van der Waals surface area contributed by atoms with Gasteiger partial charge in [-0.15, -0.1) is 0 Å². The van der Waals surface area contributed by atoms with Crippen LogP contribution in [0.15, 0.2) is 24.3 Å². The minimum atomic E-state index is 0.110. The van der Waals surface area contributed by atoms with E-state index in [0.717, 1.165) is 22.8 Å². The zero-order valence-corrected chi connectivity index (χ0v) is 8.05. The summed E-state index contributed by atoms with van der Waals surface area (Å²) in [4.78, 5) is 0. The largest absolute Gasteiger partial charge is 0.211 e. The third-order valence-corrected chi connectivity index (χ3v) is 2.83. The number of anilines is 1. The molecule has 1 aliphatic rings. The third kappa shape index (κ3) is 1.30. The number of fused-ring (bicyclic) bond motifs is 1. The van der Waals surface area contributed by atoms with Gasteiger partial charge in [-0.1, -0.05) is 36.5 Å². The third-order valence-electron chi connectivity index (χ3n) is 2.83. The van der Waals surface area contributed by atoms with Crippen molar-refractivity contribution in [3.63, 3.8) is 0 Å². The lowest BCUT2D eigenvalue weighted by Crippen LogP contribution is -2.32. The Labute approximate surface area is 78.1 Å². The lowest BCUT2D eigenvalue weighted by molar-refractivity contribution is 0.355. The predicted molar refractivity (Wildman–Crippen MR) is 52.5 cm³/mol. The zero-order valence-electron chi connectivity index (χ0n) is 8.05. The molecule has 1 aromatic rings. The highest BCUT2D eigenvalue weighted by atomic mass is 19.2. The quantitative estimate of drug-likeness (QED) is 0.553. The van der Waals surface area contributed by atoms with Crippen molar-refractivity contribution in [3.8, 4) is 0 Å². The van der Waals surface area contributed by atoms with Gasteiger partial charge in [-0.05, 0) is 23.5 Å². The van der Waals surface area contributed by atoms with Crippen LogP contribution in [0.4, 0.5) is 10.2 Å². The van der Waals surface area contributed by atoms with Crippen LogP contribution in [0.25, 0.3) is 0 Å². The number of rotatable bonds is 0. The lowest BCUT2D eigenvalue weighted by Gasteiger charge is -2.35. The molecule has 0 spiro atoms. The van der Waals surface area contributed by atoms with Gasteiger partial charge >= 0.3 is 0 Å². The van der Waals surface area contributed by atoms with E-state index in [4.69, 9.17) is 0 Å². The van der Waals surface area contributed by atoms with Crippen molar-refractivity contribution in [2.75, 3.05) is 11.7 Å². The fraction of sp³-hybridized carbons (Fsp3) is 0.455. The van der Waals surface area contributed by atoms with E-state index in [9.17, 15) is 4.48 Å². The van der Waals surface area contributed by atoms with Crippen molar-refractivity contribution >= 4 is 5.69 Å².